The van der Waals surface area contributed by atoms with Crippen molar-refractivity contribution in [2.45, 2.75) is 271 Å². The van der Waals surface area contributed by atoms with Gasteiger partial charge in [0, 0.05) is 19.3 Å². The molecule has 0 N–H and O–H groups in total. The van der Waals surface area contributed by atoms with E-state index in [1.54, 1.807) is 0 Å². The van der Waals surface area contributed by atoms with E-state index in [1.807, 2.05) is 0 Å². The Labute approximate surface area is 414 Å². The fourth-order valence-corrected chi connectivity index (χ4v) is 7.63. The fourth-order valence-electron chi connectivity index (χ4n) is 7.63. The Balaban J connectivity index is 4.45. The first-order chi connectivity index (χ1) is 33.0. The van der Waals surface area contributed by atoms with E-state index in [-0.39, 0.29) is 31.1 Å². The zero-order chi connectivity index (χ0) is 48.6. The van der Waals surface area contributed by atoms with Gasteiger partial charge in [-0.15, -0.1) is 0 Å². The van der Waals surface area contributed by atoms with Crippen molar-refractivity contribution < 1.29 is 28.6 Å². The third kappa shape index (κ3) is 53.4. The summed E-state index contributed by atoms with van der Waals surface area (Å²) in [7, 11) is 0. The molecule has 384 valence electrons. The summed E-state index contributed by atoms with van der Waals surface area (Å²) >= 11 is 0. The number of hydrogen-bond donors (Lipinski definition) is 0. The molecule has 67 heavy (non-hydrogen) atoms. The highest BCUT2D eigenvalue weighted by Gasteiger charge is 2.19. The standard InChI is InChI=1S/C61H104O6/c1-4-7-10-13-16-19-22-25-27-29-30-32-33-36-39-42-45-48-51-54-60(63)66-57-58(56-65-59(62)53-50-47-44-41-38-35-24-21-18-15-12-9-6-3)67-61(64)55-52-49-46-43-40-37-34-31-28-26-23-20-17-14-11-8-5-2/h7,10,16,19,21,24-28,30,32,36,39,58H,4-6,8-9,11-15,17-18,20,22-23,29,31,33-35,37-38,40-57H2,1-3H3/b10-7-,19-16-,24-21-,27-25-,28-26-,32-30-,39-36-/t58-/m1/s1. The highest BCUT2D eigenvalue weighted by atomic mass is 16.6. The lowest BCUT2D eigenvalue weighted by molar-refractivity contribution is -0.167. The fraction of sp³-hybridized carbons (Fsp3) is 0.721. The second-order valence-electron chi connectivity index (χ2n) is 18.5. The molecule has 0 aliphatic rings. The van der Waals surface area contributed by atoms with Crippen LogP contribution < -0.4 is 0 Å². The van der Waals surface area contributed by atoms with Gasteiger partial charge < -0.3 is 14.2 Å². The van der Waals surface area contributed by atoms with Gasteiger partial charge in [-0.25, -0.2) is 0 Å². The zero-order valence-corrected chi connectivity index (χ0v) is 43.9. The van der Waals surface area contributed by atoms with Crippen LogP contribution in [0, 0.1) is 0 Å². The quantitative estimate of drug-likeness (QED) is 0.0262. The van der Waals surface area contributed by atoms with E-state index in [1.165, 1.54) is 122 Å². The minimum atomic E-state index is -0.796. The molecule has 0 unspecified atom stereocenters. The van der Waals surface area contributed by atoms with Crippen LogP contribution >= 0.6 is 0 Å². The number of ether oxygens (including phenoxy) is 3. The van der Waals surface area contributed by atoms with E-state index in [9.17, 15) is 14.4 Å². The molecule has 0 aromatic rings. The summed E-state index contributed by atoms with van der Waals surface area (Å²) in [5.41, 5.74) is 0. The number of carbonyl (C=O) groups is 3. The molecule has 0 spiro atoms. The Hall–Kier alpha value is -3.41. The van der Waals surface area contributed by atoms with E-state index >= 15 is 0 Å². The molecule has 0 aromatic carbocycles. The molecule has 0 radical (unpaired) electrons. The average molecular weight is 933 g/mol. The van der Waals surface area contributed by atoms with Crippen LogP contribution in [0.2, 0.25) is 0 Å². The second-order valence-corrected chi connectivity index (χ2v) is 18.5. The minimum Gasteiger partial charge on any atom is -0.462 e. The molecule has 0 fully saturated rings. The number of allylic oxidation sites excluding steroid dienone is 14. The lowest BCUT2D eigenvalue weighted by Gasteiger charge is -2.18. The van der Waals surface area contributed by atoms with Crippen LogP contribution in [-0.4, -0.2) is 37.2 Å². The van der Waals surface area contributed by atoms with Crippen molar-refractivity contribution >= 4 is 17.9 Å². The molecule has 1 atom stereocenters. The Morgan fingerprint density at radius 1 is 0.313 bits per heavy atom. The Kier molecular flexibility index (Phi) is 52.4. The molecule has 0 heterocycles. The maximum atomic E-state index is 12.8. The predicted molar refractivity (Wildman–Crippen MR) is 288 cm³/mol. The monoisotopic (exact) mass is 933 g/mol. The maximum Gasteiger partial charge on any atom is 0.306 e. The average Bonchev–Trinajstić information content (AvgIpc) is 3.33. The summed E-state index contributed by atoms with van der Waals surface area (Å²) < 4.78 is 16.8. The van der Waals surface area contributed by atoms with E-state index < -0.39 is 6.10 Å². The van der Waals surface area contributed by atoms with Gasteiger partial charge in [0.1, 0.15) is 13.2 Å². The molecule has 6 nitrogen and oxygen atoms in total. The minimum absolute atomic E-state index is 0.0931. The van der Waals surface area contributed by atoms with Gasteiger partial charge >= 0.3 is 17.9 Å². The number of esters is 3. The van der Waals surface area contributed by atoms with Crippen molar-refractivity contribution in [3.63, 3.8) is 0 Å². The number of hydrogen-bond acceptors (Lipinski definition) is 6. The summed E-state index contributed by atoms with van der Waals surface area (Å²) in [6.07, 6.45) is 71.4. The molecule has 0 amide bonds. The highest BCUT2D eigenvalue weighted by Crippen LogP contribution is 2.14. The molecule has 6 heteroatoms. The van der Waals surface area contributed by atoms with E-state index in [2.05, 4.69) is 106 Å². The van der Waals surface area contributed by atoms with E-state index in [4.69, 9.17) is 14.2 Å². The van der Waals surface area contributed by atoms with Crippen molar-refractivity contribution in [2.75, 3.05) is 13.2 Å². The van der Waals surface area contributed by atoms with Gasteiger partial charge in [-0.05, 0) is 116 Å². The topological polar surface area (TPSA) is 78.9 Å². The summed E-state index contributed by atoms with van der Waals surface area (Å²) in [6.45, 7) is 6.48. The van der Waals surface area contributed by atoms with Crippen LogP contribution in [-0.2, 0) is 28.6 Å². The van der Waals surface area contributed by atoms with Crippen LogP contribution in [0.4, 0.5) is 0 Å². The van der Waals surface area contributed by atoms with Crippen molar-refractivity contribution in [3.8, 4) is 0 Å². The van der Waals surface area contributed by atoms with Gasteiger partial charge in [0.15, 0.2) is 6.10 Å². The Morgan fingerprint density at radius 3 is 0.955 bits per heavy atom. The molecule has 0 aliphatic carbocycles. The van der Waals surface area contributed by atoms with Gasteiger partial charge in [-0.2, -0.15) is 0 Å². The first kappa shape index (κ1) is 63.6. The molecule has 0 aromatic heterocycles. The SMILES string of the molecule is CC/C=C\C/C=C\C/C=C\C/C=C\C/C=C\CCCCCC(=O)OC[C@@H](COC(=O)CCCCCCC/C=C\CCCCCC)OC(=O)CCCCCCCCC/C=C\CCCCCCCC. The summed E-state index contributed by atoms with van der Waals surface area (Å²) in [4.78, 5) is 38.1. The lowest BCUT2D eigenvalue weighted by Crippen LogP contribution is -2.30. The molecular formula is C61H104O6. The molecule has 0 aliphatic heterocycles. The number of rotatable bonds is 50. The van der Waals surface area contributed by atoms with Gasteiger partial charge in [0.2, 0.25) is 0 Å². The summed E-state index contributed by atoms with van der Waals surface area (Å²) in [5, 5.41) is 0. The van der Waals surface area contributed by atoms with Gasteiger partial charge in [-0.3, -0.25) is 14.4 Å². The van der Waals surface area contributed by atoms with Crippen LogP contribution in [0.15, 0.2) is 85.1 Å². The summed E-state index contributed by atoms with van der Waals surface area (Å²) in [6, 6.07) is 0. The summed E-state index contributed by atoms with van der Waals surface area (Å²) in [5.74, 6) is -0.935. The molecular weight excluding hydrogens is 829 g/mol. The maximum absolute atomic E-state index is 12.8. The predicted octanol–water partition coefficient (Wildman–Crippen LogP) is 18.8. The Bertz CT molecular complexity index is 1300. The van der Waals surface area contributed by atoms with Crippen molar-refractivity contribution in [1.29, 1.82) is 0 Å². The number of unbranched alkanes of at least 4 members (excludes halogenated alkanes) is 25. The van der Waals surface area contributed by atoms with Crippen molar-refractivity contribution in [1.82, 2.24) is 0 Å². The first-order valence-electron chi connectivity index (χ1n) is 28.1. The van der Waals surface area contributed by atoms with E-state index in [0.717, 1.165) is 103 Å². The third-order valence-corrected chi connectivity index (χ3v) is 11.9. The largest absolute Gasteiger partial charge is 0.462 e. The molecule has 0 saturated heterocycles. The van der Waals surface area contributed by atoms with Gasteiger partial charge in [0.05, 0.1) is 0 Å². The zero-order valence-electron chi connectivity index (χ0n) is 43.9. The van der Waals surface area contributed by atoms with E-state index in [0.29, 0.717) is 19.3 Å². The molecule has 0 bridgehead atoms. The first-order valence-corrected chi connectivity index (χ1v) is 28.1. The van der Waals surface area contributed by atoms with Crippen LogP contribution in [0.5, 0.6) is 0 Å². The van der Waals surface area contributed by atoms with Gasteiger partial charge in [-0.1, -0.05) is 215 Å². The second kappa shape index (κ2) is 55.2. The molecule has 0 saturated carbocycles. The Morgan fingerprint density at radius 2 is 0.582 bits per heavy atom. The van der Waals surface area contributed by atoms with Crippen LogP contribution in [0.3, 0.4) is 0 Å². The van der Waals surface area contributed by atoms with Crippen LogP contribution in [0.1, 0.15) is 265 Å². The van der Waals surface area contributed by atoms with Crippen molar-refractivity contribution in [2.24, 2.45) is 0 Å². The van der Waals surface area contributed by atoms with Gasteiger partial charge in [0.25, 0.3) is 0 Å². The van der Waals surface area contributed by atoms with Crippen molar-refractivity contribution in [3.05, 3.63) is 85.1 Å². The third-order valence-electron chi connectivity index (χ3n) is 11.9. The highest BCUT2D eigenvalue weighted by molar-refractivity contribution is 5.71. The lowest BCUT2D eigenvalue weighted by atomic mass is 10.1. The van der Waals surface area contributed by atoms with Crippen LogP contribution in [0.25, 0.3) is 0 Å². The molecule has 0 rings (SSSR count). The smallest absolute Gasteiger partial charge is 0.306 e. The normalized spacial score (nSPS) is 12.7. The number of carbonyl (C=O) groups excluding carboxylic acids is 3.